The van der Waals surface area contributed by atoms with Crippen molar-refractivity contribution in [1.29, 1.82) is 0 Å². The van der Waals surface area contributed by atoms with E-state index in [1.807, 2.05) is 25.2 Å². The highest BCUT2D eigenvalue weighted by Crippen LogP contribution is 2.19. The third-order valence-corrected chi connectivity index (χ3v) is 1.93. The van der Waals surface area contributed by atoms with Crippen molar-refractivity contribution >= 4 is 0 Å². The van der Waals surface area contributed by atoms with E-state index in [0.29, 0.717) is 0 Å². The second-order valence-corrected chi connectivity index (χ2v) is 2.98. The highest BCUT2D eigenvalue weighted by atomic mass is 16.5. The maximum atomic E-state index is 5.85. The normalized spacial score (nSPS) is 36.7. The van der Waals surface area contributed by atoms with E-state index in [2.05, 4.69) is 0 Å². The zero-order chi connectivity index (χ0) is 8.48. The Hall–Kier alpha value is -0.800. The molecule has 2 atom stereocenters. The van der Waals surface area contributed by atoms with Gasteiger partial charge >= 0.3 is 0 Å². The van der Waals surface area contributed by atoms with Crippen LogP contribution in [0.5, 0.6) is 0 Å². The summed E-state index contributed by atoms with van der Waals surface area (Å²) in [7, 11) is 1.60. The molecule has 0 radical (unpaired) electrons. The van der Waals surface area contributed by atoms with Gasteiger partial charge < -0.3 is 16.2 Å². The Morgan fingerprint density at radius 3 is 2.73 bits per heavy atom. The van der Waals surface area contributed by atoms with Crippen LogP contribution < -0.4 is 11.5 Å². The Morgan fingerprint density at radius 1 is 1.64 bits per heavy atom. The second-order valence-electron chi connectivity index (χ2n) is 2.98. The fourth-order valence-corrected chi connectivity index (χ4v) is 1.06. The zero-order valence-electron chi connectivity index (χ0n) is 6.87. The molecule has 62 valence electrons. The van der Waals surface area contributed by atoms with Gasteiger partial charge in [0.2, 0.25) is 0 Å². The van der Waals surface area contributed by atoms with E-state index in [1.54, 1.807) is 7.11 Å². The molecule has 1 aliphatic carbocycles. The molecule has 0 bridgehead atoms. The first kappa shape index (κ1) is 8.30. The van der Waals surface area contributed by atoms with E-state index in [-0.39, 0.29) is 6.04 Å². The van der Waals surface area contributed by atoms with Gasteiger partial charge in [-0.15, -0.1) is 0 Å². The fourth-order valence-electron chi connectivity index (χ4n) is 1.06. The van der Waals surface area contributed by atoms with Crippen LogP contribution >= 0.6 is 0 Å². The number of nitrogens with two attached hydrogens (primary N) is 2. The molecule has 3 heteroatoms. The smallest absolute Gasteiger partial charge is 0.114 e. The molecule has 0 fully saturated rings. The van der Waals surface area contributed by atoms with E-state index in [4.69, 9.17) is 16.2 Å². The Bertz CT molecular complexity index is 206. The molecule has 0 heterocycles. The third kappa shape index (κ3) is 1.44. The number of hydrogen-bond acceptors (Lipinski definition) is 3. The molecule has 0 aliphatic heterocycles. The van der Waals surface area contributed by atoms with Gasteiger partial charge in [-0.05, 0) is 13.0 Å². The Kier molecular flexibility index (Phi) is 2.02. The molecule has 0 saturated carbocycles. The van der Waals surface area contributed by atoms with Crippen LogP contribution in [0.1, 0.15) is 6.92 Å². The molecule has 4 N–H and O–H groups in total. The topological polar surface area (TPSA) is 61.3 Å². The van der Waals surface area contributed by atoms with E-state index in [9.17, 15) is 0 Å². The summed E-state index contributed by atoms with van der Waals surface area (Å²) < 4.78 is 5.04. The summed E-state index contributed by atoms with van der Waals surface area (Å²) in [6.45, 7) is 1.88. The molecule has 0 aromatic carbocycles. The average molecular weight is 154 g/mol. The summed E-state index contributed by atoms with van der Waals surface area (Å²) >= 11 is 0. The van der Waals surface area contributed by atoms with Crippen LogP contribution in [-0.2, 0) is 4.74 Å². The van der Waals surface area contributed by atoms with Crippen LogP contribution in [0.15, 0.2) is 24.0 Å². The van der Waals surface area contributed by atoms with Crippen LogP contribution in [-0.4, -0.2) is 18.7 Å². The molecule has 1 rings (SSSR count). The van der Waals surface area contributed by atoms with Crippen LogP contribution in [0.4, 0.5) is 0 Å². The summed E-state index contributed by atoms with van der Waals surface area (Å²) in [6, 6.07) is -0.238. The van der Waals surface area contributed by atoms with Gasteiger partial charge in [0, 0.05) is 0 Å². The quantitative estimate of drug-likeness (QED) is 0.564. The number of hydrogen-bond donors (Lipinski definition) is 2. The number of allylic oxidation sites excluding steroid dienone is 2. The lowest BCUT2D eigenvalue weighted by Gasteiger charge is -2.31. The minimum Gasteiger partial charge on any atom is -0.499 e. The van der Waals surface area contributed by atoms with E-state index in [1.165, 1.54) is 0 Å². The van der Waals surface area contributed by atoms with Gasteiger partial charge in [0.25, 0.3) is 0 Å². The lowest BCUT2D eigenvalue weighted by atomic mass is 9.89. The van der Waals surface area contributed by atoms with Crippen molar-refractivity contribution in [2.45, 2.75) is 18.5 Å². The maximum absolute atomic E-state index is 5.85. The molecule has 2 unspecified atom stereocenters. The lowest BCUT2D eigenvalue weighted by molar-refractivity contribution is 0.241. The minimum absolute atomic E-state index is 0.238. The van der Waals surface area contributed by atoms with E-state index < -0.39 is 5.54 Å². The summed E-state index contributed by atoms with van der Waals surface area (Å²) in [4.78, 5) is 0. The molecule has 0 spiro atoms. The van der Waals surface area contributed by atoms with Crippen LogP contribution in [0.3, 0.4) is 0 Å². The van der Waals surface area contributed by atoms with Crippen molar-refractivity contribution in [3.63, 3.8) is 0 Å². The van der Waals surface area contributed by atoms with Gasteiger partial charge in [-0.3, -0.25) is 0 Å². The monoisotopic (exact) mass is 154 g/mol. The molecule has 0 amide bonds. The van der Waals surface area contributed by atoms with Crippen molar-refractivity contribution in [3.8, 4) is 0 Å². The highest BCUT2D eigenvalue weighted by molar-refractivity contribution is 5.28. The van der Waals surface area contributed by atoms with Crippen molar-refractivity contribution in [2.24, 2.45) is 11.5 Å². The van der Waals surface area contributed by atoms with Crippen molar-refractivity contribution < 1.29 is 4.74 Å². The molecule has 1 aliphatic rings. The van der Waals surface area contributed by atoms with Crippen molar-refractivity contribution in [3.05, 3.63) is 24.0 Å². The predicted octanol–water partition coefficient (Wildman–Crippen LogP) is 0.131. The minimum atomic E-state index is -0.486. The first-order chi connectivity index (χ1) is 5.08. The molecular weight excluding hydrogens is 140 g/mol. The first-order valence-corrected chi connectivity index (χ1v) is 3.56. The number of methoxy groups -OCH3 is 1. The Morgan fingerprint density at radius 2 is 2.27 bits per heavy atom. The first-order valence-electron chi connectivity index (χ1n) is 3.56. The predicted molar refractivity (Wildman–Crippen MR) is 44.8 cm³/mol. The van der Waals surface area contributed by atoms with Gasteiger partial charge in [0.15, 0.2) is 0 Å². The highest BCUT2D eigenvalue weighted by Gasteiger charge is 2.29. The summed E-state index contributed by atoms with van der Waals surface area (Å²) in [5.74, 6) is 0.734. The SMILES string of the molecule is COC1=CC=CC(C)(N)C1N. The molecule has 11 heavy (non-hydrogen) atoms. The summed E-state index contributed by atoms with van der Waals surface area (Å²) in [5.41, 5.74) is 11.2. The molecule has 0 aromatic rings. The van der Waals surface area contributed by atoms with Gasteiger partial charge in [-0.25, -0.2) is 0 Å². The maximum Gasteiger partial charge on any atom is 0.114 e. The Balaban J connectivity index is 2.86. The van der Waals surface area contributed by atoms with E-state index >= 15 is 0 Å². The van der Waals surface area contributed by atoms with Crippen molar-refractivity contribution in [2.75, 3.05) is 7.11 Å². The summed E-state index contributed by atoms with van der Waals surface area (Å²) in [5, 5.41) is 0. The summed E-state index contributed by atoms with van der Waals surface area (Å²) in [6.07, 6.45) is 5.57. The molecule has 3 nitrogen and oxygen atoms in total. The second kappa shape index (κ2) is 2.68. The molecular formula is C8H14N2O. The van der Waals surface area contributed by atoms with Crippen LogP contribution in [0.2, 0.25) is 0 Å². The fraction of sp³-hybridized carbons (Fsp3) is 0.500. The van der Waals surface area contributed by atoms with Gasteiger partial charge in [0.1, 0.15) is 5.76 Å². The van der Waals surface area contributed by atoms with Crippen LogP contribution in [0.25, 0.3) is 0 Å². The molecule has 0 saturated heterocycles. The standard InChI is InChI=1S/C8H14N2O/c1-8(10)5-3-4-6(11-2)7(8)9/h3-5,7H,9-10H2,1-2H3. The largest absolute Gasteiger partial charge is 0.499 e. The average Bonchev–Trinajstić information content (AvgIpc) is 1.95. The van der Waals surface area contributed by atoms with Gasteiger partial charge in [-0.2, -0.15) is 0 Å². The zero-order valence-corrected chi connectivity index (χ0v) is 6.87. The molecule has 0 aromatic heterocycles. The van der Waals surface area contributed by atoms with E-state index in [0.717, 1.165) is 5.76 Å². The Labute approximate surface area is 66.7 Å². The van der Waals surface area contributed by atoms with Gasteiger partial charge in [-0.1, -0.05) is 12.2 Å². The number of rotatable bonds is 1. The lowest BCUT2D eigenvalue weighted by Crippen LogP contribution is -2.53. The van der Waals surface area contributed by atoms with Gasteiger partial charge in [0.05, 0.1) is 18.7 Å². The number of ether oxygens (including phenoxy) is 1. The third-order valence-electron chi connectivity index (χ3n) is 1.93. The van der Waals surface area contributed by atoms with Crippen molar-refractivity contribution in [1.82, 2.24) is 0 Å². The van der Waals surface area contributed by atoms with Crippen LogP contribution in [0, 0.1) is 0 Å².